The number of ether oxygens (including phenoxy) is 1. The van der Waals surface area contributed by atoms with E-state index in [4.69, 9.17) is 4.74 Å². The molecule has 2 heterocycles. The number of piperidine rings is 1. The first kappa shape index (κ1) is 26.4. The molecule has 2 aliphatic heterocycles. The van der Waals surface area contributed by atoms with Gasteiger partial charge in [0, 0.05) is 41.7 Å². The molecule has 2 saturated heterocycles. The van der Waals surface area contributed by atoms with Gasteiger partial charge in [0.05, 0.1) is 6.10 Å². The lowest BCUT2D eigenvalue weighted by Gasteiger charge is -2.61. The van der Waals surface area contributed by atoms with Crippen molar-refractivity contribution < 1.29 is 19.4 Å². The van der Waals surface area contributed by atoms with E-state index in [1.807, 2.05) is 6.08 Å². The maximum absolute atomic E-state index is 13.5. The van der Waals surface area contributed by atoms with Crippen molar-refractivity contribution in [2.24, 2.45) is 39.9 Å². The SMILES string of the molecule is C=C[C@]1(C)C[C@@H](OC(=O)CCC2CC3CCC(C2)N3C)[C@]2(C)C(C)CC[C@]3(CCC(=O)[C@H]32)[C@@H](C)[C@@H]1O. The highest BCUT2D eigenvalue weighted by atomic mass is 16.5. The molecule has 202 valence electrons. The molecule has 5 fully saturated rings. The second-order valence-electron chi connectivity index (χ2n) is 14.0. The van der Waals surface area contributed by atoms with Crippen molar-refractivity contribution >= 4 is 11.8 Å². The number of carbonyl (C=O) groups excluding carboxylic acids is 2. The van der Waals surface area contributed by atoms with Crippen molar-refractivity contribution in [2.45, 2.75) is 123 Å². The Bertz CT molecular complexity index is 889. The Balaban J connectivity index is 1.39. The minimum Gasteiger partial charge on any atom is -0.462 e. The number of rotatable bonds is 5. The van der Waals surface area contributed by atoms with Crippen LogP contribution in [0.25, 0.3) is 0 Å². The minimum absolute atomic E-state index is 0.000212. The van der Waals surface area contributed by atoms with Crippen molar-refractivity contribution in [1.29, 1.82) is 0 Å². The van der Waals surface area contributed by atoms with Crippen LogP contribution in [-0.4, -0.2) is 53.1 Å². The predicted octanol–water partition coefficient (Wildman–Crippen LogP) is 5.55. The quantitative estimate of drug-likeness (QED) is 0.397. The van der Waals surface area contributed by atoms with Crippen LogP contribution in [-0.2, 0) is 14.3 Å². The highest BCUT2D eigenvalue weighted by Crippen LogP contribution is 2.68. The number of Topliss-reactive ketones (excluding diaryl/α,β-unsaturated/α-hetero) is 1. The Morgan fingerprint density at radius 3 is 2.47 bits per heavy atom. The lowest BCUT2D eigenvalue weighted by Crippen LogP contribution is -2.63. The van der Waals surface area contributed by atoms with Gasteiger partial charge in [-0.3, -0.25) is 9.59 Å². The van der Waals surface area contributed by atoms with Gasteiger partial charge in [0.25, 0.3) is 0 Å². The molecule has 0 aromatic rings. The zero-order valence-electron chi connectivity index (χ0n) is 23.3. The lowest BCUT2D eigenvalue weighted by atomic mass is 9.44. The molecular formula is C31H49NO4. The number of nitrogens with zero attached hydrogens (tertiary/aromatic N) is 1. The molecule has 1 N–H and O–H groups in total. The summed E-state index contributed by atoms with van der Waals surface area (Å²) in [5, 5.41) is 11.7. The Kier molecular flexibility index (Phi) is 6.76. The first-order chi connectivity index (χ1) is 17.0. The number of hydrogen-bond acceptors (Lipinski definition) is 5. The van der Waals surface area contributed by atoms with Gasteiger partial charge in [0.1, 0.15) is 11.9 Å². The molecule has 3 saturated carbocycles. The highest BCUT2D eigenvalue weighted by Gasteiger charge is 2.68. The molecule has 0 spiro atoms. The molecule has 5 aliphatic rings. The van der Waals surface area contributed by atoms with E-state index in [0.29, 0.717) is 43.0 Å². The smallest absolute Gasteiger partial charge is 0.306 e. The summed E-state index contributed by atoms with van der Waals surface area (Å²) in [4.78, 5) is 29.5. The average Bonchev–Trinajstić information content (AvgIpc) is 3.28. The third-order valence-corrected chi connectivity index (χ3v) is 12.5. The average molecular weight is 500 g/mol. The molecule has 5 heteroatoms. The topological polar surface area (TPSA) is 66.8 Å². The summed E-state index contributed by atoms with van der Waals surface area (Å²) >= 11 is 0. The summed E-state index contributed by atoms with van der Waals surface area (Å²) in [6.07, 6.45) is 11.1. The number of fused-ring (bicyclic) bond motifs is 2. The molecular weight excluding hydrogens is 450 g/mol. The van der Waals surface area contributed by atoms with Crippen molar-refractivity contribution in [3.63, 3.8) is 0 Å². The van der Waals surface area contributed by atoms with Gasteiger partial charge in [-0.1, -0.05) is 33.8 Å². The molecule has 3 unspecified atom stereocenters. The lowest BCUT2D eigenvalue weighted by molar-refractivity contribution is -0.206. The fraction of sp³-hybridized carbons (Fsp3) is 0.871. The Morgan fingerprint density at radius 2 is 1.83 bits per heavy atom. The predicted molar refractivity (Wildman–Crippen MR) is 141 cm³/mol. The molecule has 0 aromatic carbocycles. The van der Waals surface area contributed by atoms with Crippen LogP contribution >= 0.6 is 0 Å². The molecule has 5 nitrogen and oxygen atoms in total. The van der Waals surface area contributed by atoms with Gasteiger partial charge in [-0.15, -0.1) is 6.58 Å². The van der Waals surface area contributed by atoms with E-state index in [-0.39, 0.29) is 29.1 Å². The zero-order chi connectivity index (χ0) is 26.0. The number of aliphatic hydroxyl groups excluding tert-OH is 1. The van der Waals surface area contributed by atoms with E-state index in [1.165, 1.54) is 25.7 Å². The number of hydrogen-bond donors (Lipinski definition) is 1. The maximum Gasteiger partial charge on any atom is 0.306 e. The van der Waals surface area contributed by atoms with E-state index < -0.39 is 23.0 Å². The van der Waals surface area contributed by atoms with Gasteiger partial charge in [-0.05, 0) is 88.0 Å². The summed E-state index contributed by atoms with van der Waals surface area (Å²) < 4.78 is 6.44. The summed E-state index contributed by atoms with van der Waals surface area (Å²) in [6.45, 7) is 12.8. The molecule has 36 heavy (non-hydrogen) atoms. The van der Waals surface area contributed by atoms with E-state index in [1.54, 1.807) is 0 Å². The van der Waals surface area contributed by atoms with E-state index in [2.05, 4.69) is 46.2 Å². The normalized spacial score (nSPS) is 50.8. The van der Waals surface area contributed by atoms with E-state index in [0.717, 1.165) is 25.7 Å². The van der Waals surface area contributed by atoms with E-state index in [9.17, 15) is 14.7 Å². The first-order valence-electron chi connectivity index (χ1n) is 14.7. The molecule has 10 atom stereocenters. The van der Waals surface area contributed by atoms with Gasteiger partial charge in [0.15, 0.2) is 0 Å². The largest absolute Gasteiger partial charge is 0.462 e. The fourth-order valence-electron chi connectivity index (χ4n) is 9.80. The molecule has 3 aliphatic carbocycles. The van der Waals surface area contributed by atoms with Gasteiger partial charge in [-0.2, -0.15) is 0 Å². The monoisotopic (exact) mass is 499 g/mol. The summed E-state index contributed by atoms with van der Waals surface area (Å²) in [5.41, 5.74) is -1.22. The summed E-state index contributed by atoms with van der Waals surface area (Å²) in [6, 6.07) is 1.35. The van der Waals surface area contributed by atoms with Crippen LogP contribution in [0, 0.1) is 39.9 Å². The van der Waals surface area contributed by atoms with Gasteiger partial charge in [-0.25, -0.2) is 0 Å². The third kappa shape index (κ3) is 3.85. The van der Waals surface area contributed by atoms with Crippen LogP contribution in [0.15, 0.2) is 12.7 Å². The number of ketones is 1. The number of aliphatic hydroxyl groups is 1. The third-order valence-electron chi connectivity index (χ3n) is 12.5. The van der Waals surface area contributed by atoms with Crippen LogP contribution in [0.4, 0.5) is 0 Å². The summed E-state index contributed by atoms with van der Waals surface area (Å²) in [7, 11) is 2.25. The first-order valence-corrected chi connectivity index (χ1v) is 14.7. The molecule has 5 rings (SSSR count). The van der Waals surface area contributed by atoms with Crippen molar-refractivity contribution in [2.75, 3.05) is 7.05 Å². The Hall–Kier alpha value is -1.20. The number of carbonyl (C=O) groups is 2. The molecule has 0 amide bonds. The van der Waals surface area contributed by atoms with Crippen LogP contribution in [0.5, 0.6) is 0 Å². The van der Waals surface area contributed by atoms with E-state index >= 15 is 0 Å². The fourth-order valence-corrected chi connectivity index (χ4v) is 9.80. The molecule has 0 radical (unpaired) electrons. The van der Waals surface area contributed by atoms with Gasteiger partial charge < -0.3 is 14.7 Å². The van der Waals surface area contributed by atoms with Crippen LogP contribution < -0.4 is 0 Å². The van der Waals surface area contributed by atoms with Crippen LogP contribution in [0.1, 0.15) is 98.3 Å². The summed E-state index contributed by atoms with van der Waals surface area (Å²) in [5.74, 6) is 0.897. The van der Waals surface area contributed by atoms with Crippen molar-refractivity contribution in [3.8, 4) is 0 Å². The van der Waals surface area contributed by atoms with Crippen molar-refractivity contribution in [1.82, 2.24) is 4.90 Å². The zero-order valence-corrected chi connectivity index (χ0v) is 23.3. The van der Waals surface area contributed by atoms with Crippen LogP contribution in [0.2, 0.25) is 0 Å². The molecule has 0 aromatic heterocycles. The van der Waals surface area contributed by atoms with Gasteiger partial charge in [0.2, 0.25) is 0 Å². The number of esters is 1. The van der Waals surface area contributed by atoms with Gasteiger partial charge >= 0.3 is 5.97 Å². The highest BCUT2D eigenvalue weighted by molar-refractivity contribution is 5.85. The van der Waals surface area contributed by atoms with Crippen LogP contribution in [0.3, 0.4) is 0 Å². The Labute approximate surface area is 218 Å². The second kappa shape index (κ2) is 9.22. The maximum atomic E-state index is 13.5. The Morgan fingerprint density at radius 1 is 1.17 bits per heavy atom. The second-order valence-corrected chi connectivity index (χ2v) is 14.0. The standard InChI is InChI=1S/C31H49NO4/c1-7-29(4)18-25(36-26(34)11-8-21-16-22-9-10-23(17-21)32(22)6)30(5)19(2)12-14-31(20(3)28(29)35)15-13-24(33)27(30)31/h7,19-23,25,27-28,35H,1,8-18H2,2-6H3/t19?,20-,21?,22?,23?,25+,27-,28-,29+,30-,31-/m0/s1. The van der Waals surface area contributed by atoms with Crippen molar-refractivity contribution in [3.05, 3.63) is 12.7 Å². The molecule has 4 bridgehead atoms. The minimum atomic E-state index is -0.614.